The first-order valence-corrected chi connectivity index (χ1v) is 6.94. The Morgan fingerprint density at radius 2 is 2.05 bits per heavy atom. The summed E-state index contributed by atoms with van der Waals surface area (Å²) in [5.74, 6) is 0.983. The Labute approximate surface area is 120 Å². The van der Waals surface area contributed by atoms with Gasteiger partial charge in [-0.3, -0.25) is 4.98 Å². The molecule has 0 aliphatic heterocycles. The third-order valence-corrected chi connectivity index (χ3v) is 3.02. The van der Waals surface area contributed by atoms with E-state index in [1.165, 1.54) is 5.56 Å². The van der Waals surface area contributed by atoms with Crippen LogP contribution in [0.1, 0.15) is 25.1 Å². The van der Waals surface area contributed by atoms with Crippen molar-refractivity contribution in [2.24, 2.45) is 0 Å². The number of aromatic nitrogens is 2. The summed E-state index contributed by atoms with van der Waals surface area (Å²) in [6.45, 7) is 5.88. The fourth-order valence-electron chi connectivity index (χ4n) is 1.93. The summed E-state index contributed by atoms with van der Waals surface area (Å²) in [6, 6.07) is 10.6. The fourth-order valence-corrected chi connectivity index (χ4v) is 1.93. The highest BCUT2D eigenvalue weighted by Crippen LogP contribution is 2.13. The van der Waals surface area contributed by atoms with Gasteiger partial charge in [0.1, 0.15) is 5.82 Å². The van der Waals surface area contributed by atoms with Crippen molar-refractivity contribution in [1.82, 2.24) is 15.3 Å². The van der Waals surface area contributed by atoms with Gasteiger partial charge in [0, 0.05) is 38.6 Å². The molecular formula is C16H22N4. The number of rotatable bonds is 6. The van der Waals surface area contributed by atoms with E-state index in [1.54, 1.807) is 6.20 Å². The van der Waals surface area contributed by atoms with Crippen LogP contribution in [-0.2, 0) is 13.1 Å². The maximum absolute atomic E-state index is 4.68. The molecule has 0 aliphatic rings. The maximum atomic E-state index is 4.68. The normalized spacial score (nSPS) is 10.8. The van der Waals surface area contributed by atoms with Gasteiger partial charge in [-0.1, -0.05) is 26.0 Å². The predicted molar refractivity (Wildman–Crippen MR) is 82.6 cm³/mol. The molecule has 20 heavy (non-hydrogen) atoms. The Morgan fingerprint density at radius 1 is 1.20 bits per heavy atom. The van der Waals surface area contributed by atoms with E-state index in [0.717, 1.165) is 24.6 Å². The lowest BCUT2D eigenvalue weighted by Gasteiger charge is -2.19. The second-order valence-corrected chi connectivity index (χ2v) is 5.24. The molecule has 0 radical (unpaired) electrons. The summed E-state index contributed by atoms with van der Waals surface area (Å²) in [5.41, 5.74) is 2.25. The topological polar surface area (TPSA) is 41.0 Å². The Kier molecular flexibility index (Phi) is 5.07. The Bertz CT molecular complexity index is 525. The summed E-state index contributed by atoms with van der Waals surface area (Å²) in [6.07, 6.45) is 3.68. The Hall–Kier alpha value is -1.94. The van der Waals surface area contributed by atoms with E-state index >= 15 is 0 Å². The van der Waals surface area contributed by atoms with Gasteiger partial charge in [0.15, 0.2) is 0 Å². The first kappa shape index (κ1) is 14.5. The zero-order valence-electron chi connectivity index (χ0n) is 12.4. The molecule has 0 aromatic carbocycles. The van der Waals surface area contributed by atoms with Crippen LogP contribution in [0.25, 0.3) is 0 Å². The molecule has 0 unspecified atom stereocenters. The monoisotopic (exact) mass is 270 g/mol. The summed E-state index contributed by atoms with van der Waals surface area (Å²) < 4.78 is 0. The molecule has 0 saturated carbocycles. The van der Waals surface area contributed by atoms with E-state index in [2.05, 4.69) is 59.3 Å². The minimum absolute atomic E-state index is 0.466. The second kappa shape index (κ2) is 7.01. The number of nitrogens with one attached hydrogen (secondary N) is 1. The molecule has 0 spiro atoms. The number of hydrogen-bond donors (Lipinski definition) is 1. The molecule has 4 nitrogen and oxygen atoms in total. The number of anilines is 1. The molecule has 2 heterocycles. The largest absolute Gasteiger partial charge is 0.355 e. The lowest BCUT2D eigenvalue weighted by molar-refractivity contribution is 0.581. The lowest BCUT2D eigenvalue weighted by Crippen LogP contribution is -2.23. The molecule has 1 N–H and O–H groups in total. The van der Waals surface area contributed by atoms with Gasteiger partial charge in [-0.05, 0) is 23.8 Å². The van der Waals surface area contributed by atoms with E-state index in [9.17, 15) is 0 Å². The van der Waals surface area contributed by atoms with Crippen molar-refractivity contribution in [2.45, 2.75) is 33.0 Å². The minimum Gasteiger partial charge on any atom is -0.355 e. The van der Waals surface area contributed by atoms with Crippen LogP contribution in [0.5, 0.6) is 0 Å². The van der Waals surface area contributed by atoms with Crippen molar-refractivity contribution in [3.63, 3.8) is 0 Å². The van der Waals surface area contributed by atoms with Gasteiger partial charge in [0.05, 0.1) is 5.69 Å². The van der Waals surface area contributed by atoms with Crippen LogP contribution < -0.4 is 10.2 Å². The zero-order valence-corrected chi connectivity index (χ0v) is 12.4. The van der Waals surface area contributed by atoms with Crippen LogP contribution in [0, 0.1) is 0 Å². The molecule has 2 rings (SSSR count). The SMILES string of the molecule is CC(C)NCc1cccc(N(C)Cc2cccnc2)n1. The molecule has 106 valence electrons. The van der Waals surface area contributed by atoms with Crippen molar-refractivity contribution in [3.8, 4) is 0 Å². The van der Waals surface area contributed by atoms with E-state index < -0.39 is 0 Å². The molecular weight excluding hydrogens is 248 g/mol. The third kappa shape index (κ3) is 4.31. The number of hydrogen-bond acceptors (Lipinski definition) is 4. The smallest absolute Gasteiger partial charge is 0.128 e. The van der Waals surface area contributed by atoms with Gasteiger partial charge in [-0.25, -0.2) is 4.98 Å². The van der Waals surface area contributed by atoms with Crippen molar-refractivity contribution >= 4 is 5.82 Å². The summed E-state index contributed by atoms with van der Waals surface area (Å²) >= 11 is 0. The van der Waals surface area contributed by atoms with Crippen molar-refractivity contribution in [1.29, 1.82) is 0 Å². The van der Waals surface area contributed by atoms with Crippen molar-refractivity contribution in [3.05, 3.63) is 54.0 Å². The average Bonchev–Trinajstić information content (AvgIpc) is 2.46. The zero-order chi connectivity index (χ0) is 14.4. The molecule has 0 fully saturated rings. The molecule has 0 bridgehead atoms. The third-order valence-electron chi connectivity index (χ3n) is 3.02. The van der Waals surface area contributed by atoms with Gasteiger partial charge >= 0.3 is 0 Å². The second-order valence-electron chi connectivity index (χ2n) is 5.24. The standard InChI is InChI=1S/C16H22N4/c1-13(2)18-11-15-7-4-8-16(19-15)20(3)12-14-6-5-9-17-10-14/h4-10,13,18H,11-12H2,1-3H3. The Balaban J connectivity index is 2.02. The van der Waals surface area contributed by atoms with Crippen molar-refractivity contribution < 1.29 is 0 Å². The number of nitrogens with zero attached hydrogens (tertiary/aromatic N) is 3. The van der Waals surface area contributed by atoms with E-state index in [1.807, 2.05) is 18.3 Å². The molecule has 0 saturated heterocycles. The molecule has 0 amide bonds. The minimum atomic E-state index is 0.466. The van der Waals surface area contributed by atoms with E-state index in [-0.39, 0.29) is 0 Å². The summed E-state index contributed by atoms with van der Waals surface area (Å²) in [4.78, 5) is 11.0. The van der Waals surface area contributed by atoms with E-state index in [0.29, 0.717) is 6.04 Å². The lowest BCUT2D eigenvalue weighted by atomic mass is 10.2. The van der Waals surface area contributed by atoms with Crippen LogP contribution in [0.3, 0.4) is 0 Å². The molecule has 2 aromatic heterocycles. The van der Waals surface area contributed by atoms with Crippen LogP contribution in [0.2, 0.25) is 0 Å². The van der Waals surface area contributed by atoms with E-state index in [4.69, 9.17) is 0 Å². The van der Waals surface area contributed by atoms with Gasteiger partial charge in [0.2, 0.25) is 0 Å². The number of pyridine rings is 2. The van der Waals surface area contributed by atoms with Crippen LogP contribution in [0.4, 0.5) is 5.82 Å². The summed E-state index contributed by atoms with van der Waals surface area (Å²) in [5, 5.41) is 3.39. The van der Waals surface area contributed by atoms with Crippen LogP contribution >= 0.6 is 0 Å². The van der Waals surface area contributed by atoms with Crippen LogP contribution in [-0.4, -0.2) is 23.1 Å². The van der Waals surface area contributed by atoms with Gasteiger partial charge < -0.3 is 10.2 Å². The maximum Gasteiger partial charge on any atom is 0.128 e. The van der Waals surface area contributed by atoms with Gasteiger partial charge in [-0.2, -0.15) is 0 Å². The highest BCUT2D eigenvalue weighted by Gasteiger charge is 2.05. The van der Waals surface area contributed by atoms with Crippen molar-refractivity contribution in [2.75, 3.05) is 11.9 Å². The molecule has 4 heteroatoms. The first-order valence-electron chi connectivity index (χ1n) is 6.94. The predicted octanol–water partition coefficient (Wildman–Crippen LogP) is 2.61. The quantitative estimate of drug-likeness (QED) is 0.876. The first-order chi connectivity index (χ1) is 9.65. The van der Waals surface area contributed by atoms with Gasteiger partial charge in [0.25, 0.3) is 0 Å². The average molecular weight is 270 g/mol. The van der Waals surface area contributed by atoms with Crippen LogP contribution in [0.15, 0.2) is 42.7 Å². The Morgan fingerprint density at radius 3 is 2.75 bits per heavy atom. The van der Waals surface area contributed by atoms with Gasteiger partial charge in [-0.15, -0.1) is 0 Å². The molecule has 0 atom stereocenters. The molecule has 0 aliphatic carbocycles. The molecule has 2 aromatic rings. The highest BCUT2D eigenvalue weighted by atomic mass is 15.2. The fraction of sp³-hybridized carbons (Fsp3) is 0.375. The summed E-state index contributed by atoms with van der Waals surface area (Å²) in [7, 11) is 2.05. The highest BCUT2D eigenvalue weighted by molar-refractivity contribution is 5.39.